The molecule has 29 heavy (non-hydrogen) atoms. The lowest BCUT2D eigenvalue weighted by molar-refractivity contribution is 0.0322. The molecule has 1 aliphatic heterocycles. The third-order valence-corrected chi connectivity index (χ3v) is 5.65. The van der Waals surface area contributed by atoms with Crippen LogP contribution in [0.2, 0.25) is 0 Å². The fraction of sp³-hybridized carbons (Fsp3) is 0.375. The smallest absolute Gasteiger partial charge is 0.119 e. The molecular formula is C24H28N2O3. The van der Waals surface area contributed by atoms with Crippen LogP contribution in [0.25, 0.3) is 22.2 Å². The minimum atomic E-state index is 0.0310. The molecule has 3 aromatic rings. The molecule has 1 aromatic heterocycles. The summed E-state index contributed by atoms with van der Waals surface area (Å²) in [4.78, 5) is 7.26. The number of ether oxygens (including phenoxy) is 2. The van der Waals surface area contributed by atoms with Crippen molar-refractivity contribution in [3.8, 4) is 17.0 Å². The van der Waals surface area contributed by atoms with E-state index in [9.17, 15) is 5.11 Å². The Hall–Kier alpha value is -2.47. The molecule has 1 N–H and O–H groups in total. The summed E-state index contributed by atoms with van der Waals surface area (Å²) >= 11 is 0. The Morgan fingerprint density at radius 1 is 1.07 bits per heavy atom. The van der Waals surface area contributed by atoms with Crippen molar-refractivity contribution in [2.24, 2.45) is 0 Å². The second-order valence-corrected chi connectivity index (χ2v) is 7.56. The predicted octanol–water partition coefficient (Wildman–Crippen LogP) is 3.72. The van der Waals surface area contributed by atoms with Crippen molar-refractivity contribution in [1.82, 2.24) is 9.88 Å². The third kappa shape index (κ3) is 4.42. The van der Waals surface area contributed by atoms with Crippen molar-refractivity contribution < 1.29 is 14.6 Å². The van der Waals surface area contributed by atoms with Gasteiger partial charge in [-0.3, -0.25) is 4.90 Å². The Kier molecular flexibility index (Phi) is 6.09. The Bertz CT molecular complexity index is 980. The molecule has 0 aliphatic carbocycles. The molecule has 5 heteroatoms. The molecule has 2 aromatic carbocycles. The fourth-order valence-electron chi connectivity index (χ4n) is 3.80. The number of pyridine rings is 1. The average molecular weight is 392 g/mol. The van der Waals surface area contributed by atoms with Crippen LogP contribution in [0.1, 0.15) is 16.7 Å². The summed E-state index contributed by atoms with van der Waals surface area (Å²) in [7, 11) is 0. The molecule has 152 valence electrons. The van der Waals surface area contributed by atoms with Gasteiger partial charge in [0.1, 0.15) is 12.4 Å². The molecule has 5 nitrogen and oxygen atoms in total. The van der Waals surface area contributed by atoms with Crippen molar-refractivity contribution in [2.75, 3.05) is 39.5 Å². The van der Waals surface area contributed by atoms with Crippen molar-refractivity contribution in [3.63, 3.8) is 0 Å². The summed E-state index contributed by atoms with van der Waals surface area (Å²) in [5.74, 6) is 0.873. The minimum absolute atomic E-state index is 0.0310. The summed E-state index contributed by atoms with van der Waals surface area (Å²) in [5.41, 5.74) is 6.10. The number of morpholine rings is 1. The molecular weight excluding hydrogens is 364 g/mol. The number of rotatable bonds is 6. The van der Waals surface area contributed by atoms with E-state index >= 15 is 0 Å². The maximum atomic E-state index is 9.57. The lowest BCUT2D eigenvalue weighted by Crippen LogP contribution is -2.38. The maximum Gasteiger partial charge on any atom is 0.119 e. The molecule has 0 spiro atoms. The van der Waals surface area contributed by atoms with Gasteiger partial charge < -0.3 is 14.6 Å². The van der Waals surface area contributed by atoms with E-state index < -0.39 is 0 Å². The fourth-order valence-corrected chi connectivity index (χ4v) is 3.80. The van der Waals surface area contributed by atoms with Crippen LogP contribution in [0.3, 0.4) is 0 Å². The van der Waals surface area contributed by atoms with Crippen molar-refractivity contribution in [3.05, 3.63) is 59.2 Å². The van der Waals surface area contributed by atoms with Gasteiger partial charge in [0.05, 0.1) is 31.0 Å². The zero-order chi connectivity index (χ0) is 20.2. The van der Waals surface area contributed by atoms with Gasteiger partial charge in [0, 0.05) is 30.6 Å². The largest absolute Gasteiger partial charge is 0.492 e. The Labute approximate surface area is 171 Å². The summed E-state index contributed by atoms with van der Waals surface area (Å²) < 4.78 is 11.3. The van der Waals surface area contributed by atoms with E-state index in [-0.39, 0.29) is 6.61 Å². The highest BCUT2D eigenvalue weighted by Crippen LogP contribution is 2.29. The van der Waals surface area contributed by atoms with E-state index in [1.165, 1.54) is 5.56 Å². The molecule has 0 radical (unpaired) electrons. The SMILES string of the molecule is Cc1cc(-c2ccc(OCCN3CCOCC3)cc2)nc2c(C)c(CO)ccc12. The third-order valence-electron chi connectivity index (χ3n) is 5.65. The average Bonchev–Trinajstić information content (AvgIpc) is 2.75. The zero-order valence-corrected chi connectivity index (χ0v) is 17.1. The van der Waals surface area contributed by atoms with E-state index in [1.54, 1.807) is 0 Å². The number of aliphatic hydroxyl groups excluding tert-OH is 1. The Morgan fingerprint density at radius 2 is 1.83 bits per heavy atom. The minimum Gasteiger partial charge on any atom is -0.492 e. The zero-order valence-electron chi connectivity index (χ0n) is 17.1. The molecule has 1 fully saturated rings. The molecule has 1 saturated heterocycles. The Balaban J connectivity index is 1.49. The predicted molar refractivity (Wildman–Crippen MR) is 115 cm³/mol. The summed E-state index contributed by atoms with van der Waals surface area (Å²) in [6.07, 6.45) is 0. The quantitative estimate of drug-likeness (QED) is 0.693. The van der Waals surface area contributed by atoms with E-state index in [0.29, 0.717) is 6.61 Å². The lowest BCUT2D eigenvalue weighted by atomic mass is 9.99. The first-order valence-corrected chi connectivity index (χ1v) is 10.2. The van der Waals surface area contributed by atoms with Crippen LogP contribution in [0, 0.1) is 13.8 Å². The summed E-state index contributed by atoms with van der Waals surface area (Å²) in [6, 6.07) is 14.3. The highest BCUT2D eigenvalue weighted by Gasteiger charge is 2.11. The molecule has 4 rings (SSSR count). The van der Waals surface area contributed by atoms with Gasteiger partial charge >= 0.3 is 0 Å². The van der Waals surface area contributed by atoms with Crippen LogP contribution in [-0.2, 0) is 11.3 Å². The first-order valence-electron chi connectivity index (χ1n) is 10.2. The highest BCUT2D eigenvalue weighted by molar-refractivity contribution is 5.88. The van der Waals surface area contributed by atoms with Gasteiger partial charge in [-0.25, -0.2) is 4.98 Å². The topological polar surface area (TPSA) is 54.8 Å². The molecule has 0 amide bonds. The van der Waals surface area contributed by atoms with Gasteiger partial charge in [0.2, 0.25) is 0 Å². The molecule has 0 unspecified atom stereocenters. The number of aryl methyl sites for hydroxylation is 2. The molecule has 0 saturated carbocycles. The van der Waals surface area contributed by atoms with Crippen LogP contribution >= 0.6 is 0 Å². The van der Waals surface area contributed by atoms with Crippen LogP contribution in [0.15, 0.2) is 42.5 Å². The number of benzene rings is 2. The molecule has 0 atom stereocenters. The summed E-state index contributed by atoms with van der Waals surface area (Å²) in [5, 5.41) is 10.7. The molecule has 2 heterocycles. The van der Waals surface area contributed by atoms with Crippen molar-refractivity contribution in [2.45, 2.75) is 20.5 Å². The van der Waals surface area contributed by atoms with Gasteiger partial charge in [-0.05, 0) is 60.9 Å². The number of hydrogen-bond donors (Lipinski definition) is 1. The van der Waals surface area contributed by atoms with Crippen LogP contribution in [0.5, 0.6) is 5.75 Å². The van der Waals surface area contributed by atoms with E-state index in [2.05, 4.69) is 30.0 Å². The van der Waals surface area contributed by atoms with Gasteiger partial charge in [-0.15, -0.1) is 0 Å². The van der Waals surface area contributed by atoms with Gasteiger partial charge in [-0.2, -0.15) is 0 Å². The monoisotopic (exact) mass is 392 g/mol. The number of nitrogens with zero attached hydrogens (tertiary/aromatic N) is 2. The molecule has 1 aliphatic rings. The van der Waals surface area contributed by atoms with Crippen molar-refractivity contribution in [1.29, 1.82) is 0 Å². The number of fused-ring (bicyclic) bond motifs is 1. The van der Waals surface area contributed by atoms with Gasteiger partial charge in [0.15, 0.2) is 0 Å². The Morgan fingerprint density at radius 3 is 2.55 bits per heavy atom. The summed E-state index contributed by atoms with van der Waals surface area (Å²) in [6.45, 7) is 9.34. The van der Waals surface area contributed by atoms with E-state index in [4.69, 9.17) is 14.5 Å². The number of aliphatic hydroxyl groups is 1. The highest BCUT2D eigenvalue weighted by atomic mass is 16.5. The lowest BCUT2D eigenvalue weighted by Gasteiger charge is -2.26. The second-order valence-electron chi connectivity index (χ2n) is 7.56. The van der Waals surface area contributed by atoms with Crippen molar-refractivity contribution >= 4 is 10.9 Å². The van der Waals surface area contributed by atoms with Crippen LogP contribution in [0.4, 0.5) is 0 Å². The maximum absolute atomic E-state index is 9.57. The van der Waals surface area contributed by atoms with Gasteiger partial charge in [0.25, 0.3) is 0 Å². The van der Waals surface area contributed by atoms with Crippen LogP contribution in [-0.4, -0.2) is 54.4 Å². The first kappa shape index (κ1) is 19.8. The number of aromatic nitrogens is 1. The normalized spacial score (nSPS) is 15.0. The van der Waals surface area contributed by atoms with E-state index in [1.807, 2.05) is 31.2 Å². The van der Waals surface area contributed by atoms with Crippen LogP contribution < -0.4 is 4.74 Å². The second kappa shape index (κ2) is 8.91. The van der Waals surface area contributed by atoms with Gasteiger partial charge in [-0.1, -0.05) is 12.1 Å². The van der Waals surface area contributed by atoms with E-state index in [0.717, 1.165) is 71.9 Å². The number of hydrogen-bond acceptors (Lipinski definition) is 5. The first-order chi connectivity index (χ1) is 14.2. The molecule has 0 bridgehead atoms. The standard InChI is InChI=1S/C24H28N2O3/c1-17-15-23(25-24-18(2)20(16-27)5-8-22(17)24)19-3-6-21(7-4-19)29-14-11-26-9-12-28-13-10-26/h3-8,15,27H,9-14,16H2,1-2H3.